The number of fused-ring (bicyclic) bond motifs is 3. The van der Waals surface area contributed by atoms with Crippen LogP contribution in [0.3, 0.4) is 0 Å². The van der Waals surface area contributed by atoms with Gasteiger partial charge in [0.15, 0.2) is 0 Å². The number of piperazine rings is 1. The lowest BCUT2D eigenvalue weighted by molar-refractivity contribution is 0.508. The number of anilines is 2. The molecular formula is C20H23N5S. The SMILES string of the molecule is C[C@H]1CCc2sc3ncnc(N4CCN(c5ccccn5)CC4)c3c2C1. The van der Waals surface area contributed by atoms with Crippen molar-refractivity contribution >= 4 is 33.2 Å². The number of rotatable bonds is 2. The lowest BCUT2D eigenvalue weighted by atomic mass is 9.88. The van der Waals surface area contributed by atoms with E-state index in [1.165, 1.54) is 39.9 Å². The van der Waals surface area contributed by atoms with Crippen molar-refractivity contribution in [1.82, 2.24) is 15.0 Å². The Morgan fingerprint density at radius 2 is 1.88 bits per heavy atom. The molecule has 3 aromatic rings. The summed E-state index contributed by atoms with van der Waals surface area (Å²) in [5, 5.41) is 1.32. The Labute approximate surface area is 157 Å². The van der Waals surface area contributed by atoms with E-state index >= 15 is 0 Å². The Balaban J connectivity index is 1.44. The maximum absolute atomic E-state index is 4.72. The first-order valence-electron chi connectivity index (χ1n) is 9.46. The second-order valence-corrected chi connectivity index (χ2v) is 8.47. The molecule has 1 aliphatic carbocycles. The first-order chi connectivity index (χ1) is 12.8. The van der Waals surface area contributed by atoms with Gasteiger partial charge in [-0.05, 0) is 42.9 Å². The fraction of sp³-hybridized carbons (Fsp3) is 0.450. The second kappa shape index (κ2) is 6.50. The molecule has 0 bridgehead atoms. The molecule has 0 aromatic carbocycles. The van der Waals surface area contributed by atoms with Gasteiger partial charge in [-0.2, -0.15) is 0 Å². The van der Waals surface area contributed by atoms with E-state index < -0.39 is 0 Å². The van der Waals surface area contributed by atoms with Gasteiger partial charge in [-0.15, -0.1) is 11.3 Å². The number of aromatic nitrogens is 3. The van der Waals surface area contributed by atoms with Crippen molar-refractivity contribution in [3.05, 3.63) is 41.2 Å². The molecule has 6 heteroatoms. The molecule has 0 radical (unpaired) electrons. The van der Waals surface area contributed by atoms with Gasteiger partial charge >= 0.3 is 0 Å². The first-order valence-corrected chi connectivity index (χ1v) is 10.3. The first kappa shape index (κ1) is 16.0. The number of pyridine rings is 1. The molecule has 0 saturated carbocycles. The summed E-state index contributed by atoms with van der Waals surface area (Å²) in [5.41, 5.74) is 1.52. The zero-order valence-corrected chi connectivity index (χ0v) is 15.9. The highest BCUT2D eigenvalue weighted by Gasteiger charge is 2.26. The molecule has 5 nitrogen and oxygen atoms in total. The summed E-state index contributed by atoms with van der Waals surface area (Å²) in [7, 11) is 0. The van der Waals surface area contributed by atoms with Gasteiger partial charge in [0.2, 0.25) is 0 Å². The third-order valence-electron chi connectivity index (χ3n) is 5.62. The smallest absolute Gasteiger partial charge is 0.141 e. The third kappa shape index (κ3) is 2.72. The number of hydrogen-bond acceptors (Lipinski definition) is 6. The minimum Gasteiger partial charge on any atom is -0.353 e. The van der Waals surface area contributed by atoms with Crippen molar-refractivity contribution in [2.75, 3.05) is 36.0 Å². The van der Waals surface area contributed by atoms with Crippen LogP contribution in [0.2, 0.25) is 0 Å². The quantitative estimate of drug-likeness (QED) is 0.695. The van der Waals surface area contributed by atoms with E-state index in [2.05, 4.69) is 38.8 Å². The Morgan fingerprint density at radius 1 is 1.04 bits per heavy atom. The number of nitrogens with zero attached hydrogens (tertiary/aromatic N) is 5. The molecular weight excluding hydrogens is 342 g/mol. The molecule has 5 rings (SSSR count). The number of hydrogen-bond donors (Lipinski definition) is 0. The minimum atomic E-state index is 0.759. The van der Waals surface area contributed by atoms with E-state index in [1.807, 2.05) is 23.6 Å². The molecule has 0 N–H and O–H groups in total. The summed E-state index contributed by atoms with van der Waals surface area (Å²) >= 11 is 1.88. The number of aryl methyl sites for hydroxylation is 1. The fourth-order valence-corrected chi connectivity index (χ4v) is 5.37. The Hall–Kier alpha value is -2.21. The fourth-order valence-electron chi connectivity index (χ4n) is 4.19. The molecule has 0 amide bonds. The lowest BCUT2D eigenvalue weighted by Gasteiger charge is -2.36. The van der Waals surface area contributed by atoms with E-state index in [-0.39, 0.29) is 0 Å². The Morgan fingerprint density at radius 3 is 2.69 bits per heavy atom. The standard InChI is InChI=1S/C20H23N5S/c1-14-5-6-16-15(12-14)18-19(22-13-23-20(18)26-16)25-10-8-24(9-11-25)17-4-2-3-7-21-17/h2-4,7,13-14H,5-6,8-12H2,1H3/t14-/m0/s1. The van der Waals surface area contributed by atoms with Crippen LogP contribution >= 0.6 is 11.3 Å². The molecule has 1 saturated heterocycles. The van der Waals surface area contributed by atoms with Crippen molar-refractivity contribution in [2.45, 2.75) is 26.2 Å². The van der Waals surface area contributed by atoms with Gasteiger partial charge in [0.1, 0.15) is 22.8 Å². The van der Waals surface area contributed by atoms with Crippen LogP contribution in [-0.2, 0) is 12.8 Å². The highest BCUT2D eigenvalue weighted by Crippen LogP contribution is 2.40. The van der Waals surface area contributed by atoms with Crippen LogP contribution in [0.1, 0.15) is 23.8 Å². The predicted molar refractivity (Wildman–Crippen MR) is 107 cm³/mol. The molecule has 0 unspecified atom stereocenters. The topological polar surface area (TPSA) is 45.2 Å². The van der Waals surface area contributed by atoms with Crippen molar-refractivity contribution in [1.29, 1.82) is 0 Å². The molecule has 4 heterocycles. The maximum atomic E-state index is 4.72. The molecule has 1 atom stereocenters. The van der Waals surface area contributed by atoms with E-state index in [9.17, 15) is 0 Å². The monoisotopic (exact) mass is 365 g/mol. The maximum Gasteiger partial charge on any atom is 0.141 e. The lowest BCUT2D eigenvalue weighted by Crippen LogP contribution is -2.47. The predicted octanol–water partition coefficient (Wildman–Crippen LogP) is 3.54. The van der Waals surface area contributed by atoms with E-state index in [0.717, 1.165) is 43.7 Å². The van der Waals surface area contributed by atoms with Crippen LogP contribution in [-0.4, -0.2) is 41.1 Å². The van der Waals surface area contributed by atoms with Crippen LogP contribution in [0, 0.1) is 5.92 Å². The zero-order valence-electron chi connectivity index (χ0n) is 15.1. The van der Waals surface area contributed by atoms with Gasteiger partial charge < -0.3 is 9.80 Å². The van der Waals surface area contributed by atoms with Crippen LogP contribution in [0.4, 0.5) is 11.6 Å². The van der Waals surface area contributed by atoms with Crippen molar-refractivity contribution in [3.63, 3.8) is 0 Å². The summed E-state index contributed by atoms with van der Waals surface area (Å²) in [5.74, 6) is 2.97. The van der Waals surface area contributed by atoms with Crippen LogP contribution in [0.25, 0.3) is 10.2 Å². The largest absolute Gasteiger partial charge is 0.353 e. The van der Waals surface area contributed by atoms with Crippen molar-refractivity contribution < 1.29 is 0 Å². The molecule has 26 heavy (non-hydrogen) atoms. The molecule has 2 aliphatic rings. The molecule has 3 aromatic heterocycles. The summed E-state index contributed by atoms with van der Waals surface area (Å²) in [6.07, 6.45) is 7.28. The molecule has 0 spiro atoms. The van der Waals surface area contributed by atoms with Gasteiger partial charge in [-0.1, -0.05) is 13.0 Å². The van der Waals surface area contributed by atoms with Gasteiger partial charge in [-0.3, -0.25) is 0 Å². The van der Waals surface area contributed by atoms with Crippen LogP contribution < -0.4 is 9.80 Å². The van der Waals surface area contributed by atoms with Crippen LogP contribution in [0.5, 0.6) is 0 Å². The summed E-state index contributed by atoms with van der Waals surface area (Å²) in [6, 6.07) is 6.12. The zero-order chi connectivity index (χ0) is 17.5. The third-order valence-corrected chi connectivity index (χ3v) is 6.82. The van der Waals surface area contributed by atoms with E-state index in [0.29, 0.717) is 0 Å². The molecule has 1 fully saturated rings. The highest BCUT2D eigenvalue weighted by molar-refractivity contribution is 7.19. The molecule has 134 valence electrons. The molecule has 1 aliphatic heterocycles. The average molecular weight is 366 g/mol. The van der Waals surface area contributed by atoms with E-state index in [4.69, 9.17) is 4.98 Å². The highest BCUT2D eigenvalue weighted by atomic mass is 32.1. The Kier molecular flexibility index (Phi) is 4.00. The second-order valence-electron chi connectivity index (χ2n) is 7.39. The van der Waals surface area contributed by atoms with Gasteiger partial charge in [0, 0.05) is 37.3 Å². The van der Waals surface area contributed by atoms with Crippen molar-refractivity contribution in [2.24, 2.45) is 5.92 Å². The normalized spacial score (nSPS) is 20.4. The van der Waals surface area contributed by atoms with Gasteiger partial charge in [0.25, 0.3) is 0 Å². The average Bonchev–Trinajstić information content (AvgIpc) is 3.07. The van der Waals surface area contributed by atoms with Gasteiger partial charge in [-0.25, -0.2) is 15.0 Å². The van der Waals surface area contributed by atoms with Crippen LogP contribution in [0.15, 0.2) is 30.7 Å². The summed E-state index contributed by atoms with van der Waals surface area (Å²) in [4.78, 5) is 21.3. The number of thiophene rings is 1. The minimum absolute atomic E-state index is 0.759. The Bertz CT molecular complexity index is 915. The van der Waals surface area contributed by atoms with Gasteiger partial charge in [0.05, 0.1) is 5.39 Å². The van der Waals surface area contributed by atoms with E-state index in [1.54, 1.807) is 6.33 Å². The summed E-state index contributed by atoms with van der Waals surface area (Å²) < 4.78 is 0. The van der Waals surface area contributed by atoms with Crippen molar-refractivity contribution in [3.8, 4) is 0 Å². The summed E-state index contributed by atoms with van der Waals surface area (Å²) in [6.45, 7) is 6.27.